The van der Waals surface area contributed by atoms with Gasteiger partial charge in [0.15, 0.2) is 5.17 Å². The number of benzene rings is 1. The molecule has 116 valence electrons. The van der Waals surface area contributed by atoms with Crippen LogP contribution in [0.25, 0.3) is 0 Å². The third-order valence-electron chi connectivity index (χ3n) is 3.00. The van der Waals surface area contributed by atoms with E-state index in [0.717, 1.165) is 37.2 Å². The molecular weight excluding hydrogens is 355 g/mol. The molecule has 0 amide bonds. The predicted octanol–water partition coefficient (Wildman–Crippen LogP) is 4.29. The van der Waals surface area contributed by atoms with Crippen LogP contribution < -0.4 is 10.5 Å². The molecule has 0 spiro atoms. The van der Waals surface area contributed by atoms with E-state index >= 15 is 0 Å². The number of thioether (sulfide) groups is 1. The largest absolute Gasteiger partial charge is 0.494 e. The molecule has 0 bridgehead atoms. The second-order valence-corrected chi connectivity index (χ2v) is 5.65. The van der Waals surface area contributed by atoms with Gasteiger partial charge in [-0.05, 0) is 55.5 Å². The molecule has 0 unspecified atom stereocenters. The van der Waals surface area contributed by atoms with Gasteiger partial charge in [0.2, 0.25) is 0 Å². The summed E-state index contributed by atoms with van der Waals surface area (Å²) < 4.78 is 18.2. The first-order valence-corrected chi connectivity index (χ1v) is 7.75. The lowest BCUT2D eigenvalue weighted by Gasteiger charge is -2.10. The summed E-state index contributed by atoms with van der Waals surface area (Å²) in [5.41, 5.74) is 6.93. The van der Waals surface area contributed by atoms with Crippen LogP contribution in [-0.2, 0) is 0 Å². The van der Waals surface area contributed by atoms with E-state index in [1.165, 1.54) is 17.7 Å². The van der Waals surface area contributed by atoms with Crippen molar-refractivity contribution in [1.82, 2.24) is 0 Å². The summed E-state index contributed by atoms with van der Waals surface area (Å²) in [6, 6.07) is 6.13. The van der Waals surface area contributed by atoms with Crippen molar-refractivity contribution in [2.45, 2.75) is 25.7 Å². The molecule has 0 aliphatic carbocycles. The molecule has 2 N–H and O–H groups in total. The second-order valence-electron chi connectivity index (χ2n) is 4.66. The number of nitrogens with zero attached hydrogens (tertiary/aromatic N) is 1. The normalized spacial score (nSPS) is 14.0. The molecule has 0 aromatic heterocycles. The molecule has 6 heteroatoms. The Morgan fingerprint density at radius 2 is 1.95 bits per heavy atom. The van der Waals surface area contributed by atoms with Gasteiger partial charge >= 0.3 is 0 Å². The number of hydrogen-bond donors (Lipinski definition) is 1. The molecule has 1 aromatic carbocycles. The maximum Gasteiger partial charge on any atom is 0.158 e. The predicted molar refractivity (Wildman–Crippen MR) is 92.8 cm³/mol. The Hall–Kier alpha value is -1.01. The Morgan fingerprint density at radius 3 is 2.62 bits per heavy atom. The summed E-state index contributed by atoms with van der Waals surface area (Å²) in [5, 5.41) is 0.654. The summed E-state index contributed by atoms with van der Waals surface area (Å²) in [6.45, 7) is 0.671. The van der Waals surface area contributed by atoms with E-state index in [2.05, 4.69) is 4.99 Å². The van der Waals surface area contributed by atoms with Gasteiger partial charge < -0.3 is 10.5 Å². The molecule has 0 radical (unpaired) electrons. The van der Waals surface area contributed by atoms with Gasteiger partial charge in [-0.25, -0.2) is 9.38 Å². The van der Waals surface area contributed by atoms with E-state index in [0.29, 0.717) is 11.8 Å². The Balaban J connectivity index is 0.00000220. The average Bonchev–Trinajstić information content (AvgIpc) is 2.46. The zero-order chi connectivity index (χ0) is 14.2. The van der Waals surface area contributed by atoms with Gasteiger partial charge in [-0.2, -0.15) is 0 Å². The van der Waals surface area contributed by atoms with Crippen LogP contribution in [0.3, 0.4) is 0 Å². The molecule has 3 nitrogen and oxygen atoms in total. The van der Waals surface area contributed by atoms with Crippen LogP contribution in [0.15, 0.2) is 41.0 Å². The van der Waals surface area contributed by atoms with Crippen LogP contribution in [0, 0.1) is 5.82 Å². The number of nitrogens with two attached hydrogens (primary N) is 1. The van der Waals surface area contributed by atoms with Crippen LogP contribution in [0.1, 0.15) is 25.7 Å². The van der Waals surface area contributed by atoms with Crippen molar-refractivity contribution in [3.05, 3.63) is 41.9 Å². The van der Waals surface area contributed by atoms with Crippen LogP contribution in [0.4, 0.5) is 4.39 Å². The Kier molecular flexibility index (Phi) is 8.45. The number of amidine groups is 1. The summed E-state index contributed by atoms with van der Waals surface area (Å²) >= 11 is 1.60. The lowest BCUT2D eigenvalue weighted by atomic mass is 10.1. The van der Waals surface area contributed by atoms with Gasteiger partial charge in [-0.1, -0.05) is 11.8 Å². The molecule has 1 aliphatic rings. The fourth-order valence-electron chi connectivity index (χ4n) is 1.88. The van der Waals surface area contributed by atoms with Gasteiger partial charge in [-0.3, -0.25) is 0 Å². The highest BCUT2D eigenvalue weighted by atomic mass is 79.9. The summed E-state index contributed by atoms with van der Waals surface area (Å²) in [5.74, 6) is 1.45. The molecule has 1 aromatic rings. The molecule has 0 saturated carbocycles. The third kappa shape index (κ3) is 7.00. The van der Waals surface area contributed by atoms with E-state index in [1.807, 2.05) is 6.20 Å². The van der Waals surface area contributed by atoms with Crippen molar-refractivity contribution in [3.8, 4) is 5.75 Å². The number of ether oxygens (including phenoxy) is 1. The van der Waals surface area contributed by atoms with Crippen LogP contribution in [-0.4, -0.2) is 17.5 Å². The van der Waals surface area contributed by atoms with Gasteiger partial charge in [0, 0.05) is 12.0 Å². The van der Waals surface area contributed by atoms with E-state index in [1.54, 1.807) is 23.9 Å². The van der Waals surface area contributed by atoms with Crippen LogP contribution >= 0.6 is 28.7 Å². The molecule has 0 fully saturated rings. The van der Waals surface area contributed by atoms with Crippen molar-refractivity contribution < 1.29 is 9.13 Å². The summed E-state index contributed by atoms with van der Waals surface area (Å²) in [7, 11) is 0. The Morgan fingerprint density at radius 1 is 1.19 bits per heavy atom. The first-order valence-electron chi connectivity index (χ1n) is 6.76. The summed E-state index contributed by atoms with van der Waals surface area (Å²) in [6.07, 6.45) is 6.21. The van der Waals surface area contributed by atoms with E-state index in [-0.39, 0.29) is 22.8 Å². The summed E-state index contributed by atoms with van der Waals surface area (Å²) in [4.78, 5) is 4.11. The zero-order valence-electron chi connectivity index (χ0n) is 11.8. The third-order valence-corrected chi connectivity index (χ3v) is 3.92. The minimum atomic E-state index is -0.237. The van der Waals surface area contributed by atoms with Gasteiger partial charge in [0.25, 0.3) is 0 Å². The number of halogens is 2. The van der Waals surface area contributed by atoms with Gasteiger partial charge in [0.05, 0.1) is 6.61 Å². The lowest BCUT2D eigenvalue weighted by Crippen LogP contribution is -2.10. The van der Waals surface area contributed by atoms with Crippen molar-refractivity contribution in [2.75, 3.05) is 12.4 Å². The van der Waals surface area contributed by atoms with E-state index < -0.39 is 0 Å². The van der Waals surface area contributed by atoms with Crippen molar-refractivity contribution in [2.24, 2.45) is 10.7 Å². The monoisotopic (exact) mass is 374 g/mol. The van der Waals surface area contributed by atoms with Crippen molar-refractivity contribution in [1.29, 1.82) is 0 Å². The minimum absolute atomic E-state index is 0. The fourth-order valence-corrected chi connectivity index (χ4v) is 2.56. The molecular formula is C15H20BrFN2OS. The van der Waals surface area contributed by atoms with Crippen molar-refractivity contribution in [3.63, 3.8) is 0 Å². The Labute approximate surface area is 139 Å². The van der Waals surface area contributed by atoms with Gasteiger partial charge in [-0.15, -0.1) is 17.0 Å². The van der Waals surface area contributed by atoms with E-state index in [9.17, 15) is 4.39 Å². The fraction of sp³-hybridized carbons (Fsp3) is 0.400. The first kappa shape index (κ1) is 18.0. The van der Waals surface area contributed by atoms with E-state index in [4.69, 9.17) is 10.5 Å². The molecule has 0 atom stereocenters. The smallest absolute Gasteiger partial charge is 0.158 e. The number of rotatable bonds is 7. The zero-order valence-corrected chi connectivity index (χ0v) is 14.3. The van der Waals surface area contributed by atoms with Crippen molar-refractivity contribution >= 4 is 33.9 Å². The number of unbranched alkanes of at least 4 members (excludes halogenated alkanes) is 2. The van der Waals surface area contributed by atoms with Gasteiger partial charge in [0.1, 0.15) is 11.6 Å². The average molecular weight is 375 g/mol. The van der Waals surface area contributed by atoms with Crippen LogP contribution in [0.2, 0.25) is 0 Å². The first-order chi connectivity index (χ1) is 9.74. The lowest BCUT2D eigenvalue weighted by molar-refractivity contribution is 0.305. The second kappa shape index (κ2) is 9.84. The number of hydrogen-bond acceptors (Lipinski definition) is 4. The molecule has 21 heavy (non-hydrogen) atoms. The SMILES string of the molecule is Br.NC1=NC=C(CCCCCOc2ccc(F)cc2)CS1. The quantitative estimate of drug-likeness (QED) is 0.724. The Bertz CT molecular complexity index is 491. The highest BCUT2D eigenvalue weighted by molar-refractivity contribution is 8.93. The maximum atomic E-state index is 12.7. The molecule has 2 rings (SSSR count). The highest BCUT2D eigenvalue weighted by Gasteiger charge is 2.05. The molecule has 1 aliphatic heterocycles. The highest BCUT2D eigenvalue weighted by Crippen LogP contribution is 2.19. The standard InChI is InChI=1S/C15H19FN2OS.BrH/c16-13-5-7-14(8-6-13)19-9-3-1-2-4-12-10-18-15(17)20-11-12;/h5-8,10H,1-4,9,11H2,(H2,17,18);1H. The van der Waals surface area contributed by atoms with Crippen LogP contribution in [0.5, 0.6) is 5.75 Å². The minimum Gasteiger partial charge on any atom is -0.494 e. The number of aliphatic imine (C=N–C) groups is 1. The molecule has 0 saturated heterocycles. The maximum absolute atomic E-state index is 12.7. The molecule has 1 heterocycles. The topological polar surface area (TPSA) is 47.6 Å².